The summed E-state index contributed by atoms with van der Waals surface area (Å²) in [7, 11) is 0. The van der Waals surface area contributed by atoms with E-state index in [0.29, 0.717) is 0 Å². The molecule has 1 aromatic rings. The summed E-state index contributed by atoms with van der Waals surface area (Å²) in [4.78, 5) is 7.11. The maximum absolute atomic E-state index is 5.89. The predicted molar refractivity (Wildman–Crippen MR) is 82.1 cm³/mol. The van der Waals surface area contributed by atoms with Crippen molar-refractivity contribution in [3.8, 4) is 0 Å². The van der Waals surface area contributed by atoms with Crippen LogP contribution in [0.25, 0.3) is 0 Å². The lowest BCUT2D eigenvalue weighted by Gasteiger charge is -2.45. The summed E-state index contributed by atoms with van der Waals surface area (Å²) < 4.78 is 2.22. The fraction of sp³-hybridized carbons (Fsp3) is 0.800. The van der Waals surface area contributed by atoms with Crippen LogP contribution in [0.15, 0.2) is 12.4 Å². The van der Waals surface area contributed by atoms with Crippen molar-refractivity contribution in [3.63, 3.8) is 0 Å². The number of hydrogen-bond donors (Lipinski definition) is 2. The molecular formula is C15H29N5. The largest absolute Gasteiger partial charge is 0.334 e. The first kappa shape index (κ1) is 15.5. The normalized spacial score (nSPS) is 19.2. The first-order chi connectivity index (χ1) is 9.61. The quantitative estimate of drug-likeness (QED) is 0.618. The zero-order valence-corrected chi connectivity index (χ0v) is 13.1. The van der Waals surface area contributed by atoms with Gasteiger partial charge in [-0.05, 0) is 46.2 Å². The molecular weight excluding hydrogens is 250 g/mol. The van der Waals surface area contributed by atoms with Crippen molar-refractivity contribution < 1.29 is 0 Å². The molecule has 0 amide bonds. The third-order valence-corrected chi connectivity index (χ3v) is 4.51. The van der Waals surface area contributed by atoms with Crippen molar-refractivity contribution in [1.82, 2.24) is 19.9 Å². The van der Waals surface area contributed by atoms with Gasteiger partial charge in [-0.1, -0.05) is 13.3 Å². The Morgan fingerprint density at radius 1 is 1.35 bits per heavy atom. The summed E-state index contributed by atoms with van der Waals surface area (Å²) in [5.41, 5.74) is 2.98. The Balaban J connectivity index is 2.22. The van der Waals surface area contributed by atoms with Crippen LogP contribution in [0.1, 0.15) is 58.3 Å². The molecule has 0 aliphatic carbocycles. The first-order valence-electron chi connectivity index (χ1n) is 7.83. The van der Waals surface area contributed by atoms with Crippen LogP contribution in [0.3, 0.4) is 0 Å². The molecule has 1 saturated heterocycles. The lowest BCUT2D eigenvalue weighted by Crippen LogP contribution is -2.56. The van der Waals surface area contributed by atoms with Crippen molar-refractivity contribution in [2.24, 2.45) is 5.84 Å². The lowest BCUT2D eigenvalue weighted by molar-refractivity contribution is 0.0568. The van der Waals surface area contributed by atoms with Gasteiger partial charge in [0.2, 0.25) is 0 Å². The molecule has 1 aliphatic rings. The molecule has 20 heavy (non-hydrogen) atoms. The van der Waals surface area contributed by atoms with Crippen LogP contribution in [-0.4, -0.2) is 33.1 Å². The second-order valence-electron chi connectivity index (χ2n) is 6.28. The minimum Gasteiger partial charge on any atom is -0.334 e. The van der Waals surface area contributed by atoms with Gasteiger partial charge in [0.05, 0.1) is 6.04 Å². The first-order valence-corrected chi connectivity index (χ1v) is 7.83. The monoisotopic (exact) mass is 279 g/mol. The fourth-order valence-electron chi connectivity index (χ4n) is 3.26. The van der Waals surface area contributed by atoms with E-state index < -0.39 is 0 Å². The van der Waals surface area contributed by atoms with Crippen LogP contribution in [0, 0.1) is 0 Å². The number of likely N-dealkylation sites (tertiary alicyclic amines) is 1. The van der Waals surface area contributed by atoms with Gasteiger partial charge >= 0.3 is 0 Å². The Morgan fingerprint density at radius 2 is 2.05 bits per heavy atom. The molecule has 0 saturated carbocycles. The van der Waals surface area contributed by atoms with Crippen molar-refractivity contribution in [1.29, 1.82) is 0 Å². The lowest BCUT2D eigenvalue weighted by atomic mass is 9.89. The minimum absolute atomic E-state index is 0.0357. The van der Waals surface area contributed by atoms with Gasteiger partial charge in [-0.15, -0.1) is 0 Å². The highest BCUT2D eigenvalue weighted by Crippen LogP contribution is 2.32. The van der Waals surface area contributed by atoms with E-state index >= 15 is 0 Å². The molecule has 2 heterocycles. The number of piperidine rings is 1. The number of aryl methyl sites for hydroxylation is 1. The molecule has 1 fully saturated rings. The van der Waals surface area contributed by atoms with Gasteiger partial charge in [-0.25, -0.2) is 10.4 Å². The molecule has 1 atom stereocenters. The van der Waals surface area contributed by atoms with E-state index in [1.165, 1.54) is 19.3 Å². The summed E-state index contributed by atoms with van der Waals surface area (Å²) in [5.74, 6) is 6.94. The highest BCUT2D eigenvalue weighted by molar-refractivity contribution is 5.08. The van der Waals surface area contributed by atoms with E-state index in [1.54, 1.807) is 0 Å². The number of nitrogens with one attached hydrogen (secondary N) is 1. The molecule has 5 heteroatoms. The number of hydrazine groups is 1. The molecule has 0 bridgehead atoms. The van der Waals surface area contributed by atoms with Gasteiger partial charge in [0.15, 0.2) is 0 Å². The molecule has 2 rings (SSSR count). The van der Waals surface area contributed by atoms with Crippen LogP contribution in [-0.2, 0) is 6.54 Å². The second-order valence-corrected chi connectivity index (χ2v) is 6.28. The van der Waals surface area contributed by atoms with Crippen LogP contribution in [0.5, 0.6) is 0 Å². The third kappa shape index (κ3) is 3.05. The van der Waals surface area contributed by atoms with Crippen LogP contribution < -0.4 is 11.3 Å². The van der Waals surface area contributed by atoms with Crippen LogP contribution in [0.2, 0.25) is 0 Å². The molecule has 1 aliphatic heterocycles. The number of aromatic nitrogens is 2. The Bertz CT molecular complexity index is 406. The van der Waals surface area contributed by atoms with E-state index in [0.717, 1.165) is 31.9 Å². The van der Waals surface area contributed by atoms with Crippen molar-refractivity contribution in [2.75, 3.05) is 13.1 Å². The number of rotatable bonds is 6. The summed E-state index contributed by atoms with van der Waals surface area (Å²) in [6.45, 7) is 10.0. The number of hydrogen-bond acceptors (Lipinski definition) is 4. The predicted octanol–water partition coefficient (Wildman–Crippen LogP) is 2.06. The molecule has 3 N–H and O–H groups in total. The average Bonchev–Trinajstić information content (AvgIpc) is 2.89. The van der Waals surface area contributed by atoms with Gasteiger partial charge in [0, 0.05) is 24.5 Å². The number of imidazole rings is 1. The summed E-state index contributed by atoms with van der Waals surface area (Å²) in [5, 5.41) is 0. The zero-order valence-electron chi connectivity index (χ0n) is 13.1. The van der Waals surface area contributed by atoms with Crippen molar-refractivity contribution in [3.05, 3.63) is 18.2 Å². The van der Waals surface area contributed by atoms with Crippen molar-refractivity contribution in [2.45, 2.75) is 64.6 Å². The standard InChI is InChI=1S/C15H29N5/c1-4-9-19-12-8-17-14(19)13(18-16)15(2,3)20-10-6-5-7-11-20/h8,12-13,18H,4-7,9-11,16H2,1-3H3. The summed E-state index contributed by atoms with van der Waals surface area (Å²) in [6.07, 6.45) is 8.94. The van der Waals surface area contributed by atoms with Crippen LogP contribution >= 0.6 is 0 Å². The number of nitrogens with two attached hydrogens (primary N) is 1. The topological polar surface area (TPSA) is 59.1 Å². The molecule has 5 nitrogen and oxygen atoms in total. The molecule has 1 unspecified atom stereocenters. The van der Waals surface area contributed by atoms with Gasteiger partial charge in [-0.2, -0.15) is 0 Å². The number of nitrogens with zero attached hydrogens (tertiary/aromatic N) is 3. The van der Waals surface area contributed by atoms with Gasteiger partial charge in [-0.3, -0.25) is 10.7 Å². The van der Waals surface area contributed by atoms with Gasteiger partial charge < -0.3 is 4.57 Å². The summed E-state index contributed by atoms with van der Waals surface area (Å²) in [6, 6.07) is 0.0437. The highest BCUT2D eigenvalue weighted by Gasteiger charge is 2.38. The Kier molecular flexibility index (Phi) is 5.18. The molecule has 0 aromatic carbocycles. The Hall–Kier alpha value is -0.910. The molecule has 0 spiro atoms. The molecule has 114 valence electrons. The minimum atomic E-state index is -0.0357. The molecule has 1 aromatic heterocycles. The average molecular weight is 279 g/mol. The van der Waals surface area contributed by atoms with E-state index in [1.807, 2.05) is 6.20 Å². The SMILES string of the molecule is CCCn1ccnc1C(NN)C(C)(C)N1CCCCC1. The zero-order chi connectivity index (χ0) is 14.6. The van der Waals surface area contributed by atoms with E-state index in [2.05, 4.69) is 46.8 Å². The molecule has 0 radical (unpaired) electrons. The second kappa shape index (κ2) is 6.70. The van der Waals surface area contributed by atoms with E-state index in [-0.39, 0.29) is 11.6 Å². The van der Waals surface area contributed by atoms with Crippen molar-refractivity contribution >= 4 is 0 Å². The highest BCUT2D eigenvalue weighted by atomic mass is 15.3. The maximum atomic E-state index is 5.89. The van der Waals surface area contributed by atoms with Crippen LogP contribution in [0.4, 0.5) is 0 Å². The Labute approximate surface area is 122 Å². The maximum Gasteiger partial charge on any atom is 0.129 e. The van der Waals surface area contributed by atoms with E-state index in [4.69, 9.17) is 5.84 Å². The third-order valence-electron chi connectivity index (χ3n) is 4.51. The van der Waals surface area contributed by atoms with Gasteiger partial charge in [0.25, 0.3) is 0 Å². The smallest absolute Gasteiger partial charge is 0.129 e. The Morgan fingerprint density at radius 3 is 2.65 bits per heavy atom. The van der Waals surface area contributed by atoms with E-state index in [9.17, 15) is 0 Å². The van der Waals surface area contributed by atoms with Gasteiger partial charge in [0.1, 0.15) is 5.82 Å². The fourth-order valence-corrected chi connectivity index (χ4v) is 3.26. The summed E-state index contributed by atoms with van der Waals surface area (Å²) >= 11 is 0.